The second-order valence-corrected chi connectivity index (χ2v) is 6.38. The zero-order chi connectivity index (χ0) is 13.9. The van der Waals surface area contributed by atoms with Crippen LogP contribution in [-0.2, 0) is 10.0 Å². The molecule has 0 spiro atoms. The SMILES string of the molecule is CC(NCCS(N)(=O)=O)c1ccc2ccccc2c1. The van der Waals surface area contributed by atoms with Gasteiger partial charge in [0.1, 0.15) is 0 Å². The minimum absolute atomic E-state index is 0.0507. The third-order valence-corrected chi connectivity index (χ3v) is 3.88. The van der Waals surface area contributed by atoms with E-state index in [-0.39, 0.29) is 11.8 Å². The summed E-state index contributed by atoms with van der Waals surface area (Å²) < 4.78 is 21.7. The van der Waals surface area contributed by atoms with Crippen molar-refractivity contribution in [2.24, 2.45) is 5.14 Å². The molecule has 0 aliphatic carbocycles. The molecule has 102 valence electrons. The van der Waals surface area contributed by atoms with E-state index in [4.69, 9.17) is 5.14 Å². The summed E-state index contributed by atoms with van der Waals surface area (Å²) in [6.07, 6.45) is 0. The zero-order valence-corrected chi connectivity index (χ0v) is 11.7. The van der Waals surface area contributed by atoms with Crippen molar-refractivity contribution >= 4 is 20.8 Å². The van der Waals surface area contributed by atoms with Crippen LogP contribution >= 0.6 is 0 Å². The first-order valence-electron chi connectivity index (χ1n) is 6.18. The van der Waals surface area contributed by atoms with Crippen LogP contribution in [0, 0.1) is 0 Å². The van der Waals surface area contributed by atoms with Crippen LogP contribution in [0.5, 0.6) is 0 Å². The van der Waals surface area contributed by atoms with Crippen molar-refractivity contribution < 1.29 is 8.42 Å². The topological polar surface area (TPSA) is 72.2 Å². The van der Waals surface area contributed by atoms with Gasteiger partial charge in [0, 0.05) is 12.6 Å². The number of nitrogens with two attached hydrogens (primary N) is 1. The Morgan fingerprint density at radius 1 is 1.16 bits per heavy atom. The fourth-order valence-corrected chi connectivity index (χ4v) is 2.42. The maximum Gasteiger partial charge on any atom is 0.210 e. The first-order valence-corrected chi connectivity index (χ1v) is 7.90. The van der Waals surface area contributed by atoms with Gasteiger partial charge in [0.05, 0.1) is 5.75 Å². The molecule has 5 heteroatoms. The standard InChI is InChI=1S/C14H18N2O2S/c1-11(16-8-9-19(15,17)18)13-7-6-12-4-2-3-5-14(12)10-13/h2-7,10-11,16H,8-9H2,1H3,(H2,15,17,18). The lowest BCUT2D eigenvalue weighted by Crippen LogP contribution is -2.28. The van der Waals surface area contributed by atoms with Crippen LogP contribution in [0.4, 0.5) is 0 Å². The van der Waals surface area contributed by atoms with Gasteiger partial charge >= 0.3 is 0 Å². The predicted octanol–water partition coefficient (Wildman–Crippen LogP) is 1.78. The maximum absolute atomic E-state index is 10.9. The van der Waals surface area contributed by atoms with E-state index in [0.717, 1.165) is 5.56 Å². The highest BCUT2D eigenvalue weighted by atomic mass is 32.2. The third kappa shape index (κ3) is 4.02. The van der Waals surface area contributed by atoms with Gasteiger partial charge in [-0.3, -0.25) is 0 Å². The van der Waals surface area contributed by atoms with E-state index in [1.54, 1.807) is 0 Å². The van der Waals surface area contributed by atoms with E-state index >= 15 is 0 Å². The molecule has 0 saturated heterocycles. The summed E-state index contributed by atoms with van der Waals surface area (Å²) in [4.78, 5) is 0. The van der Waals surface area contributed by atoms with Crippen molar-refractivity contribution in [1.82, 2.24) is 5.32 Å². The largest absolute Gasteiger partial charge is 0.309 e. The van der Waals surface area contributed by atoms with Crippen LogP contribution in [0.2, 0.25) is 0 Å². The molecule has 2 aromatic rings. The molecule has 0 radical (unpaired) electrons. The van der Waals surface area contributed by atoms with Gasteiger partial charge in [0.2, 0.25) is 10.0 Å². The highest BCUT2D eigenvalue weighted by Gasteiger charge is 2.07. The van der Waals surface area contributed by atoms with Crippen molar-refractivity contribution in [2.75, 3.05) is 12.3 Å². The second-order valence-electron chi connectivity index (χ2n) is 4.65. The minimum atomic E-state index is -3.40. The smallest absolute Gasteiger partial charge is 0.210 e. The van der Waals surface area contributed by atoms with Gasteiger partial charge < -0.3 is 5.32 Å². The number of rotatable bonds is 5. The molecule has 19 heavy (non-hydrogen) atoms. The number of hydrogen-bond donors (Lipinski definition) is 2. The Kier molecular flexibility index (Phi) is 4.19. The van der Waals surface area contributed by atoms with Gasteiger partial charge in [0.25, 0.3) is 0 Å². The summed E-state index contributed by atoms with van der Waals surface area (Å²) in [5, 5.41) is 10.5. The van der Waals surface area contributed by atoms with Gasteiger partial charge in [-0.15, -0.1) is 0 Å². The number of nitrogens with one attached hydrogen (secondary N) is 1. The average molecular weight is 278 g/mol. The summed E-state index contributed by atoms with van der Waals surface area (Å²) >= 11 is 0. The molecule has 0 bridgehead atoms. The van der Waals surface area contributed by atoms with Crippen LogP contribution in [0.3, 0.4) is 0 Å². The van der Waals surface area contributed by atoms with E-state index in [9.17, 15) is 8.42 Å². The molecule has 0 saturated carbocycles. The van der Waals surface area contributed by atoms with Crippen molar-refractivity contribution in [3.05, 3.63) is 48.0 Å². The number of sulfonamides is 1. The fourth-order valence-electron chi connectivity index (χ4n) is 2.01. The van der Waals surface area contributed by atoms with Gasteiger partial charge in [0.15, 0.2) is 0 Å². The molecule has 4 nitrogen and oxygen atoms in total. The van der Waals surface area contributed by atoms with E-state index in [2.05, 4.69) is 35.6 Å². The molecule has 0 aliphatic heterocycles. The van der Waals surface area contributed by atoms with Gasteiger partial charge in [-0.05, 0) is 29.3 Å². The van der Waals surface area contributed by atoms with Gasteiger partial charge in [-0.1, -0.05) is 36.4 Å². The predicted molar refractivity (Wildman–Crippen MR) is 78.3 cm³/mol. The molecule has 1 unspecified atom stereocenters. The molecule has 2 aromatic carbocycles. The molecular formula is C14H18N2O2S. The minimum Gasteiger partial charge on any atom is -0.309 e. The first kappa shape index (κ1) is 14.0. The summed E-state index contributed by atoms with van der Waals surface area (Å²) in [6.45, 7) is 2.36. The number of hydrogen-bond acceptors (Lipinski definition) is 3. The van der Waals surface area contributed by atoms with E-state index in [1.807, 2.05) is 19.1 Å². The Morgan fingerprint density at radius 2 is 1.84 bits per heavy atom. The highest BCUT2D eigenvalue weighted by molar-refractivity contribution is 7.89. The Hall–Kier alpha value is -1.43. The van der Waals surface area contributed by atoms with E-state index in [1.165, 1.54) is 10.8 Å². The van der Waals surface area contributed by atoms with E-state index < -0.39 is 10.0 Å². The third-order valence-electron chi connectivity index (χ3n) is 3.11. The summed E-state index contributed by atoms with van der Waals surface area (Å²) in [5.74, 6) is -0.0507. The van der Waals surface area contributed by atoms with Crippen LogP contribution in [-0.4, -0.2) is 20.7 Å². The second kappa shape index (κ2) is 5.69. The molecule has 0 aromatic heterocycles. The Balaban J connectivity index is 2.06. The number of fused-ring (bicyclic) bond motifs is 1. The number of benzene rings is 2. The Labute approximate surface area is 113 Å². The monoisotopic (exact) mass is 278 g/mol. The van der Waals surface area contributed by atoms with E-state index in [0.29, 0.717) is 6.54 Å². The van der Waals surface area contributed by atoms with Crippen molar-refractivity contribution in [3.8, 4) is 0 Å². The molecule has 0 fully saturated rings. The highest BCUT2D eigenvalue weighted by Crippen LogP contribution is 2.19. The first-order chi connectivity index (χ1) is 8.96. The molecule has 3 N–H and O–H groups in total. The molecule has 2 rings (SSSR count). The number of primary sulfonamides is 1. The zero-order valence-electron chi connectivity index (χ0n) is 10.8. The van der Waals surface area contributed by atoms with Crippen LogP contribution in [0.15, 0.2) is 42.5 Å². The van der Waals surface area contributed by atoms with Crippen LogP contribution < -0.4 is 10.5 Å². The fraction of sp³-hybridized carbons (Fsp3) is 0.286. The van der Waals surface area contributed by atoms with Crippen molar-refractivity contribution in [1.29, 1.82) is 0 Å². The summed E-state index contributed by atoms with van der Waals surface area (Å²) in [5.41, 5.74) is 1.13. The Morgan fingerprint density at radius 3 is 2.53 bits per heavy atom. The molecular weight excluding hydrogens is 260 g/mol. The molecule has 0 amide bonds. The van der Waals surface area contributed by atoms with Crippen molar-refractivity contribution in [2.45, 2.75) is 13.0 Å². The average Bonchev–Trinajstić information content (AvgIpc) is 2.36. The molecule has 0 aliphatic rings. The Bertz CT molecular complexity index is 668. The lowest BCUT2D eigenvalue weighted by Gasteiger charge is -2.14. The molecule has 1 atom stereocenters. The summed E-state index contributed by atoms with van der Waals surface area (Å²) in [7, 11) is -3.40. The molecule has 0 heterocycles. The van der Waals surface area contributed by atoms with Gasteiger partial charge in [-0.2, -0.15) is 0 Å². The quantitative estimate of drug-likeness (QED) is 0.875. The van der Waals surface area contributed by atoms with Gasteiger partial charge in [-0.25, -0.2) is 13.6 Å². The van der Waals surface area contributed by atoms with Crippen molar-refractivity contribution in [3.63, 3.8) is 0 Å². The lowest BCUT2D eigenvalue weighted by atomic mass is 10.0. The van der Waals surface area contributed by atoms with Crippen LogP contribution in [0.1, 0.15) is 18.5 Å². The van der Waals surface area contributed by atoms with Crippen LogP contribution in [0.25, 0.3) is 10.8 Å². The lowest BCUT2D eigenvalue weighted by molar-refractivity contribution is 0.573. The maximum atomic E-state index is 10.9. The normalized spacial score (nSPS) is 13.6. The summed E-state index contributed by atoms with van der Waals surface area (Å²) in [6, 6.07) is 14.5.